The third-order valence-corrected chi connectivity index (χ3v) is 1.76. The summed E-state index contributed by atoms with van der Waals surface area (Å²) in [6, 6.07) is 0. The fourth-order valence-electron chi connectivity index (χ4n) is 1.09. The maximum atomic E-state index is 12.5. The van der Waals surface area contributed by atoms with Crippen LogP contribution in [0.25, 0.3) is 0 Å². The highest BCUT2D eigenvalue weighted by atomic mass is 19.3. The van der Waals surface area contributed by atoms with Crippen LogP contribution in [-0.2, 0) is 5.41 Å². The van der Waals surface area contributed by atoms with Gasteiger partial charge in [-0.1, -0.05) is 20.8 Å². The molecule has 1 aromatic heterocycles. The van der Waals surface area contributed by atoms with E-state index in [4.69, 9.17) is 0 Å². The van der Waals surface area contributed by atoms with Crippen LogP contribution in [0.5, 0.6) is 0 Å². The van der Waals surface area contributed by atoms with E-state index in [-0.39, 0.29) is 11.1 Å². The van der Waals surface area contributed by atoms with Crippen LogP contribution in [-0.4, -0.2) is 9.97 Å². The van der Waals surface area contributed by atoms with Crippen LogP contribution in [0.3, 0.4) is 0 Å². The third-order valence-electron chi connectivity index (χ3n) is 1.76. The number of aromatic nitrogens is 2. The Morgan fingerprint density at radius 2 is 1.92 bits per heavy atom. The van der Waals surface area contributed by atoms with Gasteiger partial charge in [-0.25, -0.2) is 18.7 Å². The molecule has 0 unspecified atom stereocenters. The third kappa shape index (κ3) is 2.20. The lowest BCUT2D eigenvalue weighted by atomic mass is 9.87. The Hall–Kier alpha value is -1.06. The van der Waals surface area contributed by atoms with E-state index in [1.807, 2.05) is 20.8 Å². The van der Waals surface area contributed by atoms with Gasteiger partial charge in [0.2, 0.25) is 0 Å². The zero-order valence-electron chi connectivity index (χ0n) is 7.88. The molecule has 1 heterocycles. The summed E-state index contributed by atoms with van der Waals surface area (Å²) >= 11 is 0. The van der Waals surface area contributed by atoms with Gasteiger partial charge in [0.05, 0.1) is 0 Å². The Labute approximate surface area is 76.0 Å². The minimum absolute atomic E-state index is 0.164. The van der Waals surface area contributed by atoms with Gasteiger partial charge in [0.1, 0.15) is 12.0 Å². The fraction of sp³-hybridized carbons (Fsp3) is 0.556. The Balaban J connectivity index is 3.20. The molecule has 0 aromatic carbocycles. The zero-order valence-corrected chi connectivity index (χ0v) is 7.88. The predicted octanol–water partition coefficient (Wildman–Crippen LogP) is 2.71. The van der Waals surface area contributed by atoms with Crippen molar-refractivity contribution < 1.29 is 8.78 Å². The Kier molecular flexibility index (Phi) is 2.59. The highest BCUT2D eigenvalue weighted by Gasteiger charge is 2.23. The molecule has 1 rings (SSSR count). The lowest BCUT2D eigenvalue weighted by Gasteiger charge is -2.20. The van der Waals surface area contributed by atoms with Crippen LogP contribution >= 0.6 is 0 Å². The molecular formula is C9H12F2N2. The van der Waals surface area contributed by atoms with Crippen molar-refractivity contribution in [1.29, 1.82) is 0 Å². The predicted molar refractivity (Wildman–Crippen MR) is 45.7 cm³/mol. The highest BCUT2D eigenvalue weighted by molar-refractivity contribution is 5.24. The molecule has 2 nitrogen and oxygen atoms in total. The lowest BCUT2D eigenvalue weighted by molar-refractivity contribution is 0.143. The first kappa shape index (κ1) is 10.0. The van der Waals surface area contributed by atoms with Crippen molar-refractivity contribution in [2.75, 3.05) is 0 Å². The first-order valence-electron chi connectivity index (χ1n) is 4.01. The molecule has 0 aliphatic heterocycles. The summed E-state index contributed by atoms with van der Waals surface area (Å²) in [5.41, 5.74) is 0.0000231. The van der Waals surface area contributed by atoms with Crippen molar-refractivity contribution in [3.05, 3.63) is 23.8 Å². The van der Waals surface area contributed by atoms with Crippen LogP contribution in [0, 0.1) is 0 Å². The van der Waals surface area contributed by atoms with Crippen LogP contribution < -0.4 is 0 Å². The summed E-state index contributed by atoms with van der Waals surface area (Å²) in [6.07, 6.45) is 0.0721. The van der Waals surface area contributed by atoms with E-state index in [1.54, 1.807) is 0 Å². The van der Waals surface area contributed by atoms with Crippen LogP contribution in [0.1, 0.15) is 38.5 Å². The summed E-state index contributed by atoms with van der Waals surface area (Å²) in [5.74, 6) is 0. The molecule has 0 spiro atoms. The van der Waals surface area contributed by atoms with Gasteiger partial charge in [-0.3, -0.25) is 0 Å². The SMILES string of the molecule is CC(C)(C)c1cncnc1C(F)F. The van der Waals surface area contributed by atoms with Gasteiger partial charge in [0.15, 0.2) is 0 Å². The quantitative estimate of drug-likeness (QED) is 0.673. The standard InChI is InChI=1S/C9H12F2N2/c1-9(2,3)6-4-12-5-13-7(6)8(10)11/h4-5,8H,1-3H3. The van der Waals surface area contributed by atoms with Crippen molar-refractivity contribution in [1.82, 2.24) is 9.97 Å². The number of alkyl halides is 2. The van der Waals surface area contributed by atoms with E-state index >= 15 is 0 Å². The summed E-state index contributed by atoms with van der Waals surface area (Å²) < 4.78 is 24.9. The minimum atomic E-state index is -2.53. The number of nitrogens with zero attached hydrogens (tertiary/aromatic N) is 2. The van der Waals surface area contributed by atoms with Gasteiger partial charge in [0.25, 0.3) is 6.43 Å². The van der Waals surface area contributed by atoms with Crippen molar-refractivity contribution in [3.8, 4) is 0 Å². The molecule has 72 valence electrons. The fourth-order valence-corrected chi connectivity index (χ4v) is 1.09. The van der Waals surface area contributed by atoms with E-state index in [1.165, 1.54) is 6.20 Å². The molecular weight excluding hydrogens is 174 g/mol. The van der Waals surface area contributed by atoms with E-state index in [2.05, 4.69) is 9.97 Å². The molecule has 0 fully saturated rings. The van der Waals surface area contributed by atoms with Crippen LogP contribution in [0.15, 0.2) is 12.5 Å². The van der Waals surface area contributed by atoms with E-state index in [0.29, 0.717) is 5.56 Å². The van der Waals surface area contributed by atoms with Gasteiger partial charge in [-0.05, 0) is 5.41 Å². The maximum absolute atomic E-state index is 12.5. The summed E-state index contributed by atoms with van der Waals surface area (Å²) in [5, 5.41) is 0. The molecule has 13 heavy (non-hydrogen) atoms. The van der Waals surface area contributed by atoms with Gasteiger partial charge in [-0.15, -0.1) is 0 Å². The van der Waals surface area contributed by atoms with Crippen LogP contribution in [0.2, 0.25) is 0 Å². The second-order valence-electron chi connectivity index (χ2n) is 3.87. The Morgan fingerprint density at radius 1 is 1.31 bits per heavy atom. The average Bonchev–Trinajstić information content (AvgIpc) is 2.03. The molecule has 4 heteroatoms. The topological polar surface area (TPSA) is 25.8 Å². The number of hydrogen-bond acceptors (Lipinski definition) is 2. The van der Waals surface area contributed by atoms with E-state index in [9.17, 15) is 8.78 Å². The second-order valence-corrected chi connectivity index (χ2v) is 3.87. The minimum Gasteiger partial charge on any atom is -0.244 e. The van der Waals surface area contributed by atoms with E-state index < -0.39 is 6.43 Å². The lowest BCUT2D eigenvalue weighted by Crippen LogP contribution is -2.16. The molecule has 0 aliphatic rings. The summed E-state index contributed by atoms with van der Waals surface area (Å²) in [6.45, 7) is 5.58. The van der Waals surface area contributed by atoms with Gasteiger partial charge in [-0.2, -0.15) is 0 Å². The van der Waals surface area contributed by atoms with Crippen molar-refractivity contribution >= 4 is 0 Å². The molecule has 0 N–H and O–H groups in total. The Morgan fingerprint density at radius 3 is 2.31 bits per heavy atom. The number of hydrogen-bond donors (Lipinski definition) is 0. The molecule has 0 aliphatic carbocycles. The van der Waals surface area contributed by atoms with Gasteiger partial charge in [0, 0.05) is 11.8 Å². The van der Waals surface area contributed by atoms with Gasteiger partial charge < -0.3 is 0 Å². The molecule has 0 radical (unpaired) electrons. The summed E-state index contributed by atoms with van der Waals surface area (Å²) in [7, 11) is 0. The van der Waals surface area contributed by atoms with Crippen molar-refractivity contribution in [2.24, 2.45) is 0 Å². The van der Waals surface area contributed by atoms with Crippen molar-refractivity contribution in [3.63, 3.8) is 0 Å². The molecule has 0 bridgehead atoms. The Bertz CT molecular complexity index is 292. The average molecular weight is 186 g/mol. The largest absolute Gasteiger partial charge is 0.280 e. The van der Waals surface area contributed by atoms with Crippen molar-refractivity contribution in [2.45, 2.75) is 32.6 Å². The first-order valence-corrected chi connectivity index (χ1v) is 4.01. The number of halogens is 2. The summed E-state index contributed by atoms with van der Waals surface area (Å²) in [4.78, 5) is 7.33. The number of rotatable bonds is 1. The van der Waals surface area contributed by atoms with E-state index in [0.717, 1.165) is 6.33 Å². The monoisotopic (exact) mass is 186 g/mol. The molecule has 1 aromatic rings. The second kappa shape index (κ2) is 3.36. The van der Waals surface area contributed by atoms with Crippen LogP contribution in [0.4, 0.5) is 8.78 Å². The normalized spacial score (nSPS) is 12.2. The highest BCUT2D eigenvalue weighted by Crippen LogP contribution is 2.29. The first-order chi connectivity index (χ1) is 5.93. The molecule has 0 atom stereocenters. The molecule has 0 saturated carbocycles. The zero-order chi connectivity index (χ0) is 10.1. The van der Waals surface area contributed by atoms with Gasteiger partial charge >= 0.3 is 0 Å². The molecule has 0 amide bonds. The molecule has 0 saturated heterocycles. The maximum Gasteiger partial charge on any atom is 0.280 e. The smallest absolute Gasteiger partial charge is 0.244 e.